The lowest BCUT2D eigenvalue weighted by Gasteiger charge is -2.49. The van der Waals surface area contributed by atoms with Crippen LogP contribution < -0.4 is 5.32 Å². The molecule has 1 aromatic rings. The van der Waals surface area contributed by atoms with Crippen LogP contribution in [-0.4, -0.2) is 17.3 Å². The van der Waals surface area contributed by atoms with Crippen LogP contribution in [0, 0.1) is 16.7 Å². The Bertz CT molecular complexity index is 417. The fourth-order valence-electron chi connectivity index (χ4n) is 1.99. The molecule has 0 aliphatic heterocycles. The topological polar surface area (TPSA) is 56.0 Å². The number of anilines is 1. The lowest BCUT2D eigenvalue weighted by Crippen LogP contribution is -2.56. The second kappa shape index (κ2) is 3.80. The van der Waals surface area contributed by atoms with Gasteiger partial charge in [-0.25, -0.2) is 0 Å². The third kappa shape index (κ3) is 1.77. The van der Waals surface area contributed by atoms with Crippen molar-refractivity contribution >= 4 is 5.69 Å². The van der Waals surface area contributed by atoms with Crippen LogP contribution in [0.25, 0.3) is 0 Å². The van der Waals surface area contributed by atoms with Gasteiger partial charge in [0.2, 0.25) is 0 Å². The minimum absolute atomic E-state index is 0.0755. The molecule has 0 unspecified atom stereocenters. The summed E-state index contributed by atoms with van der Waals surface area (Å²) in [5.74, 6) is 0. The van der Waals surface area contributed by atoms with Crippen molar-refractivity contribution in [1.82, 2.24) is 0 Å². The molecule has 1 fully saturated rings. The first kappa shape index (κ1) is 11.0. The van der Waals surface area contributed by atoms with E-state index in [1.54, 1.807) is 12.1 Å². The molecule has 2 N–H and O–H groups in total. The third-order valence-electron chi connectivity index (χ3n) is 3.57. The van der Waals surface area contributed by atoms with Crippen LogP contribution in [-0.2, 0) is 0 Å². The van der Waals surface area contributed by atoms with Crippen molar-refractivity contribution in [3.8, 4) is 6.07 Å². The lowest BCUT2D eigenvalue weighted by atomic mass is 9.64. The number of nitrogens with zero attached hydrogens (tertiary/aromatic N) is 1. The summed E-state index contributed by atoms with van der Waals surface area (Å²) in [6, 6.07) is 9.79. The highest BCUT2D eigenvalue weighted by atomic mass is 16.3. The predicted octanol–water partition coefficient (Wildman–Crippen LogP) is 2.13. The zero-order valence-corrected chi connectivity index (χ0v) is 9.57. The second-order valence-electron chi connectivity index (χ2n) is 4.96. The summed E-state index contributed by atoms with van der Waals surface area (Å²) in [4.78, 5) is 0. The van der Waals surface area contributed by atoms with E-state index in [0.717, 1.165) is 12.1 Å². The number of hydrogen-bond acceptors (Lipinski definition) is 3. The molecule has 84 valence electrons. The number of aliphatic hydroxyl groups is 1. The Balaban J connectivity index is 2.03. The average molecular weight is 216 g/mol. The van der Waals surface area contributed by atoms with E-state index in [0.29, 0.717) is 11.6 Å². The Morgan fingerprint density at radius 3 is 2.44 bits per heavy atom. The molecule has 2 rings (SSSR count). The highest BCUT2D eigenvalue weighted by Gasteiger charge is 2.47. The maximum atomic E-state index is 9.62. The van der Waals surface area contributed by atoms with E-state index in [1.165, 1.54) is 0 Å². The maximum absolute atomic E-state index is 9.62. The first-order valence-corrected chi connectivity index (χ1v) is 5.49. The van der Waals surface area contributed by atoms with Gasteiger partial charge in [-0.15, -0.1) is 0 Å². The van der Waals surface area contributed by atoms with Gasteiger partial charge in [0.1, 0.15) is 0 Å². The van der Waals surface area contributed by atoms with Crippen molar-refractivity contribution in [2.75, 3.05) is 5.32 Å². The summed E-state index contributed by atoms with van der Waals surface area (Å²) in [5.41, 5.74) is 1.59. The van der Waals surface area contributed by atoms with E-state index in [9.17, 15) is 5.11 Å². The Morgan fingerprint density at radius 1 is 1.38 bits per heavy atom. The molecule has 1 aromatic carbocycles. The van der Waals surface area contributed by atoms with E-state index < -0.39 is 0 Å². The van der Waals surface area contributed by atoms with Gasteiger partial charge < -0.3 is 10.4 Å². The second-order valence-corrected chi connectivity index (χ2v) is 4.96. The quantitative estimate of drug-likeness (QED) is 0.796. The predicted molar refractivity (Wildman–Crippen MR) is 63.0 cm³/mol. The van der Waals surface area contributed by atoms with Gasteiger partial charge >= 0.3 is 0 Å². The number of nitrogens with one attached hydrogen (secondary N) is 1. The lowest BCUT2D eigenvalue weighted by molar-refractivity contribution is -0.0510. The molecule has 0 heterocycles. The summed E-state index contributed by atoms with van der Waals surface area (Å²) < 4.78 is 0. The molecule has 0 bridgehead atoms. The first-order valence-electron chi connectivity index (χ1n) is 5.49. The fourth-order valence-corrected chi connectivity index (χ4v) is 1.99. The highest BCUT2D eigenvalue weighted by Crippen LogP contribution is 2.42. The van der Waals surface area contributed by atoms with Gasteiger partial charge in [0.15, 0.2) is 0 Å². The number of rotatable bonds is 2. The van der Waals surface area contributed by atoms with E-state index in [1.807, 2.05) is 12.1 Å². The SMILES string of the molecule is CC1(C)[C@H](O)C[C@H]1Nc1ccc(C#N)cc1. The normalized spacial score (nSPS) is 26.6. The minimum Gasteiger partial charge on any atom is -0.392 e. The Kier molecular flexibility index (Phi) is 2.61. The maximum Gasteiger partial charge on any atom is 0.0991 e. The highest BCUT2D eigenvalue weighted by molar-refractivity contribution is 5.48. The van der Waals surface area contributed by atoms with Crippen molar-refractivity contribution in [3.63, 3.8) is 0 Å². The molecule has 1 saturated carbocycles. The minimum atomic E-state index is -0.219. The van der Waals surface area contributed by atoms with E-state index in [-0.39, 0.29) is 11.5 Å². The van der Waals surface area contributed by atoms with Gasteiger partial charge in [0, 0.05) is 17.1 Å². The molecule has 2 atom stereocenters. The molecule has 1 aliphatic rings. The number of aliphatic hydroxyl groups excluding tert-OH is 1. The van der Waals surface area contributed by atoms with Crippen molar-refractivity contribution in [1.29, 1.82) is 5.26 Å². The molecule has 16 heavy (non-hydrogen) atoms. The van der Waals surface area contributed by atoms with Crippen LogP contribution in [0.4, 0.5) is 5.69 Å². The van der Waals surface area contributed by atoms with Crippen molar-refractivity contribution in [2.24, 2.45) is 5.41 Å². The molecule has 3 nitrogen and oxygen atoms in total. The Hall–Kier alpha value is -1.53. The fraction of sp³-hybridized carbons (Fsp3) is 0.462. The summed E-state index contributed by atoms with van der Waals surface area (Å²) in [5, 5.41) is 21.7. The van der Waals surface area contributed by atoms with Crippen LogP contribution in [0.1, 0.15) is 25.8 Å². The Morgan fingerprint density at radius 2 is 2.00 bits per heavy atom. The molecule has 0 radical (unpaired) electrons. The monoisotopic (exact) mass is 216 g/mol. The standard InChI is InChI=1S/C13H16N2O/c1-13(2)11(7-12(13)16)15-10-5-3-9(8-14)4-6-10/h3-6,11-12,15-16H,7H2,1-2H3/t11-,12-/m1/s1. The van der Waals surface area contributed by atoms with Gasteiger partial charge in [0.25, 0.3) is 0 Å². The van der Waals surface area contributed by atoms with Crippen LogP contribution in [0.15, 0.2) is 24.3 Å². The molecule has 3 heteroatoms. The molecule has 0 aromatic heterocycles. The summed E-state index contributed by atoms with van der Waals surface area (Å²) in [7, 11) is 0. The first-order chi connectivity index (χ1) is 7.54. The average Bonchev–Trinajstić information content (AvgIpc) is 2.29. The Labute approximate surface area is 95.7 Å². The number of hydrogen-bond donors (Lipinski definition) is 2. The zero-order valence-electron chi connectivity index (χ0n) is 9.57. The van der Waals surface area contributed by atoms with Crippen LogP contribution >= 0.6 is 0 Å². The van der Waals surface area contributed by atoms with Crippen LogP contribution in [0.5, 0.6) is 0 Å². The van der Waals surface area contributed by atoms with Gasteiger partial charge in [-0.2, -0.15) is 5.26 Å². The summed E-state index contributed by atoms with van der Waals surface area (Å²) in [6.45, 7) is 4.12. The van der Waals surface area contributed by atoms with Crippen LogP contribution in [0.3, 0.4) is 0 Å². The third-order valence-corrected chi connectivity index (χ3v) is 3.57. The number of nitriles is 1. The van der Waals surface area contributed by atoms with Crippen molar-refractivity contribution in [3.05, 3.63) is 29.8 Å². The zero-order chi connectivity index (χ0) is 11.8. The van der Waals surface area contributed by atoms with Crippen molar-refractivity contribution < 1.29 is 5.11 Å². The molecule has 0 amide bonds. The molecule has 1 aliphatic carbocycles. The van der Waals surface area contributed by atoms with Gasteiger partial charge in [-0.3, -0.25) is 0 Å². The molecular weight excluding hydrogens is 200 g/mol. The largest absolute Gasteiger partial charge is 0.392 e. The summed E-state index contributed by atoms with van der Waals surface area (Å²) >= 11 is 0. The smallest absolute Gasteiger partial charge is 0.0991 e. The molecular formula is C13H16N2O. The van der Waals surface area contributed by atoms with E-state index >= 15 is 0 Å². The van der Waals surface area contributed by atoms with Crippen LogP contribution in [0.2, 0.25) is 0 Å². The van der Waals surface area contributed by atoms with Crippen molar-refractivity contribution in [2.45, 2.75) is 32.4 Å². The van der Waals surface area contributed by atoms with E-state index in [4.69, 9.17) is 5.26 Å². The van der Waals surface area contributed by atoms with Gasteiger partial charge in [-0.1, -0.05) is 13.8 Å². The molecule has 0 spiro atoms. The summed E-state index contributed by atoms with van der Waals surface area (Å²) in [6.07, 6.45) is 0.566. The van der Waals surface area contributed by atoms with Gasteiger partial charge in [-0.05, 0) is 30.7 Å². The molecule has 0 saturated heterocycles. The van der Waals surface area contributed by atoms with Gasteiger partial charge in [0.05, 0.1) is 17.7 Å². The number of benzene rings is 1. The van der Waals surface area contributed by atoms with E-state index in [2.05, 4.69) is 25.2 Å².